The molecule has 0 aliphatic rings. The number of carbonyl (C=O) groups excluding carboxylic acids is 1. The predicted molar refractivity (Wildman–Crippen MR) is 90.3 cm³/mol. The van der Waals surface area contributed by atoms with Crippen LogP contribution in [0, 0.1) is 6.92 Å². The molecule has 1 aromatic carbocycles. The molecule has 0 fully saturated rings. The van der Waals surface area contributed by atoms with Gasteiger partial charge in [0.05, 0.1) is 11.2 Å². The van der Waals surface area contributed by atoms with Crippen molar-refractivity contribution in [2.24, 2.45) is 0 Å². The van der Waals surface area contributed by atoms with Gasteiger partial charge >= 0.3 is 0 Å². The van der Waals surface area contributed by atoms with Crippen molar-refractivity contribution in [1.82, 2.24) is 14.9 Å². The first kappa shape index (κ1) is 14.8. The number of thiophene rings is 1. The quantitative estimate of drug-likeness (QED) is 0.782. The molecule has 0 aliphatic carbocycles. The second kappa shape index (κ2) is 6.32. The fourth-order valence-electron chi connectivity index (χ4n) is 2.57. The molecule has 3 aromatic rings. The molecule has 0 radical (unpaired) electrons. The molecule has 22 heavy (non-hydrogen) atoms. The number of benzene rings is 1. The molecule has 0 spiro atoms. The Hall–Kier alpha value is -2.14. The topological polar surface area (TPSA) is 46.9 Å². The van der Waals surface area contributed by atoms with Crippen molar-refractivity contribution in [3.63, 3.8) is 0 Å². The summed E-state index contributed by atoms with van der Waals surface area (Å²) in [6, 6.07) is 8.25. The van der Waals surface area contributed by atoms with E-state index in [0.29, 0.717) is 0 Å². The number of amides is 1. The van der Waals surface area contributed by atoms with Crippen LogP contribution in [-0.2, 0) is 6.54 Å². The van der Waals surface area contributed by atoms with Gasteiger partial charge in [0.15, 0.2) is 0 Å². The SMILES string of the molecule is CC[C@@H](Cn1ccnc1)NC(=O)c1sc2ccccc2c1C. The van der Waals surface area contributed by atoms with Gasteiger partial charge < -0.3 is 9.88 Å². The summed E-state index contributed by atoms with van der Waals surface area (Å²) < 4.78 is 3.15. The van der Waals surface area contributed by atoms with Crippen LogP contribution < -0.4 is 5.32 Å². The highest BCUT2D eigenvalue weighted by molar-refractivity contribution is 7.21. The lowest BCUT2D eigenvalue weighted by molar-refractivity contribution is 0.0935. The van der Waals surface area contributed by atoms with Gasteiger partial charge in [-0.3, -0.25) is 4.79 Å². The van der Waals surface area contributed by atoms with Crippen molar-refractivity contribution in [3.05, 3.63) is 53.4 Å². The van der Waals surface area contributed by atoms with Crippen molar-refractivity contribution in [2.45, 2.75) is 32.9 Å². The molecule has 5 heteroatoms. The minimum atomic E-state index is 0.0191. The highest BCUT2D eigenvalue weighted by Gasteiger charge is 2.18. The minimum Gasteiger partial charge on any atom is -0.347 e. The van der Waals surface area contributed by atoms with E-state index in [-0.39, 0.29) is 11.9 Å². The highest BCUT2D eigenvalue weighted by atomic mass is 32.1. The number of fused-ring (bicyclic) bond motifs is 1. The largest absolute Gasteiger partial charge is 0.347 e. The van der Waals surface area contributed by atoms with Gasteiger partial charge in [0.1, 0.15) is 0 Å². The Morgan fingerprint density at radius 3 is 2.91 bits per heavy atom. The van der Waals surface area contributed by atoms with Crippen LogP contribution in [0.25, 0.3) is 10.1 Å². The fourth-order valence-corrected chi connectivity index (χ4v) is 3.68. The van der Waals surface area contributed by atoms with Crippen molar-refractivity contribution < 1.29 is 4.79 Å². The van der Waals surface area contributed by atoms with Crippen molar-refractivity contribution in [3.8, 4) is 0 Å². The van der Waals surface area contributed by atoms with Gasteiger partial charge in [-0.2, -0.15) is 0 Å². The van der Waals surface area contributed by atoms with E-state index in [4.69, 9.17) is 0 Å². The standard InChI is InChI=1S/C17H19N3OS/c1-3-13(10-20-9-8-18-11-20)19-17(21)16-12(2)14-6-4-5-7-15(14)22-16/h4-9,11,13H,3,10H2,1-2H3,(H,19,21)/t13-/m0/s1. The van der Waals surface area contributed by atoms with Crippen molar-refractivity contribution >= 4 is 27.3 Å². The van der Waals surface area contributed by atoms with Crippen LogP contribution in [0.2, 0.25) is 0 Å². The van der Waals surface area contributed by atoms with Crippen LogP contribution in [-0.4, -0.2) is 21.5 Å². The summed E-state index contributed by atoms with van der Waals surface area (Å²) in [4.78, 5) is 17.5. The Kier molecular flexibility index (Phi) is 4.24. The Morgan fingerprint density at radius 2 is 2.23 bits per heavy atom. The van der Waals surface area contributed by atoms with Gasteiger partial charge in [-0.05, 0) is 30.4 Å². The zero-order valence-corrected chi connectivity index (χ0v) is 13.6. The Morgan fingerprint density at radius 1 is 1.41 bits per heavy atom. The summed E-state index contributed by atoms with van der Waals surface area (Å²) in [5.74, 6) is 0.0191. The molecule has 1 N–H and O–H groups in total. The molecule has 4 nitrogen and oxygen atoms in total. The summed E-state index contributed by atoms with van der Waals surface area (Å²) in [5.41, 5.74) is 1.07. The molecule has 0 aliphatic heterocycles. The van der Waals surface area contributed by atoms with Crippen molar-refractivity contribution in [1.29, 1.82) is 0 Å². The van der Waals surface area contributed by atoms with E-state index in [9.17, 15) is 4.79 Å². The summed E-state index contributed by atoms with van der Waals surface area (Å²) in [7, 11) is 0. The normalized spacial score (nSPS) is 12.5. The van der Waals surface area contributed by atoms with E-state index in [1.807, 2.05) is 29.8 Å². The molecular formula is C17H19N3OS. The highest BCUT2D eigenvalue weighted by Crippen LogP contribution is 2.30. The number of rotatable bonds is 5. The second-order valence-electron chi connectivity index (χ2n) is 5.39. The van der Waals surface area contributed by atoms with Gasteiger partial charge in [-0.25, -0.2) is 4.98 Å². The van der Waals surface area contributed by atoms with Crippen LogP contribution in [0.3, 0.4) is 0 Å². The molecule has 0 unspecified atom stereocenters. The van der Waals surface area contributed by atoms with Crippen LogP contribution >= 0.6 is 11.3 Å². The number of hydrogen-bond acceptors (Lipinski definition) is 3. The second-order valence-corrected chi connectivity index (χ2v) is 6.44. The molecule has 1 atom stereocenters. The van der Waals surface area contributed by atoms with E-state index >= 15 is 0 Å². The van der Waals surface area contributed by atoms with E-state index in [0.717, 1.165) is 28.1 Å². The van der Waals surface area contributed by atoms with Crippen LogP contribution in [0.15, 0.2) is 43.0 Å². The number of hydrogen-bond donors (Lipinski definition) is 1. The maximum absolute atomic E-state index is 12.6. The van der Waals surface area contributed by atoms with Gasteiger partial charge in [0.2, 0.25) is 0 Å². The number of aromatic nitrogens is 2. The van der Waals surface area contributed by atoms with Gasteiger partial charge in [-0.15, -0.1) is 11.3 Å². The average Bonchev–Trinajstić information content (AvgIpc) is 3.15. The summed E-state index contributed by atoms with van der Waals surface area (Å²) >= 11 is 1.56. The first-order valence-electron chi connectivity index (χ1n) is 7.43. The van der Waals surface area contributed by atoms with Crippen LogP contribution in [0.4, 0.5) is 0 Å². The number of carbonyl (C=O) groups is 1. The van der Waals surface area contributed by atoms with E-state index < -0.39 is 0 Å². The number of nitrogens with zero attached hydrogens (tertiary/aromatic N) is 2. The lowest BCUT2D eigenvalue weighted by Crippen LogP contribution is -2.37. The zero-order valence-electron chi connectivity index (χ0n) is 12.7. The molecule has 114 valence electrons. The number of imidazole rings is 1. The average molecular weight is 313 g/mol. The maximum Gasteiger partial charge on any atom is 0.261 e. The van der Waals surface area contributed by atoms with Gasteiger partial charge in [-0.1, -0.05) is 25.1 Å². The minimum absolute atomic E-state index is 0.0191. The zero-order chi connectivity index (χ0) is 15.5. The van der Waals surface area contributed by atoms with Crippen molar-refractivity contribution in [2.75, 3.05) is 0 Å². The van der Waals surface area contributed by atoms with Crippen LogP contribution in [0.5, 0.6) is 0 Å². The number of aryl methyl sites for hydroxylation is 1. The molecule has 0 saturated carbocycles. The smallest absolute Gasteiger partial charge is 0.261 e. The monoisotopic (exact) mass is 313 g/mol. The Bertz CT molecular complexity index is 776. The molecular weight excluding hydrogens is 294 g/mol. The Balaban J connectivity index is 1.78. The summed E-state index contributed by atoms with van der Waals surface area (Å²) in [6.45, 7) is 4.84. The third kappa shape index (κ3) is 2.90. The lowest BCUT2D eigenvalue weighted by atomic mass is 10.1. The van der Waals surface area contributed by atoms with E-state index in [1.165, 1.54) is 5.39 Å². The maximum atomic E-state index is 12.6. The third-order valence-corrected chi connectivity index (χ3v) is 5.14. The first-order chi connectivity index (χ1) is 10.7. The lowest BCUT2D eigenvalue weighted by Gasteiger charge is -2.17. The Labute approximate surface area is 133 Å². The van der Waals surface area contributed by atoms with Crippen LogP contribution in [0.1, 0.15) is 28.6 Å². The number of nitrogens with one attached hydrogen (secondary N) is 1. The molecule has 2 aromatic heterocycles. The molecule has 1 amide bonds. The summed E-state index contributed by atoms with van der Waals surface area (Å²) in [6.07, 6.45) is 6.33. The predicted octanol–water partition coefficient (Wildman–Crippen LogP) is 3.61. The molecule has 0 saturated heterocycles. The molecule has 3 rings (SSSR count). The van der Waals surface area contributed by atoms with E-state index in [2.05, 4.69) is 29.4 Å². The molecule has 2 heterocycles. The van der Waals surface area contributed by atoms with Gasteiger partial charge in [0, 0.05) is 29.7 Å². The van der Waals surface area contributed by atoms with Gasteiger partial charge in [0.25, 0.3) is 5.91 Å². The first-order valence-corrected chi connectivity index (χ1v) is 8.25. The molecule has 0 bridgehead atoms. The third-order valence-electron chi connectivity index (χ3n) is 3.87. The fraction of sp³-hybridized carbons (Fsp3) is 0.294. The summed E-state index contributed by atoms with van der Waals surface area (Å²) in [5, 5.41) is 4.31. The van der Waals surface area contributed by atoms with E-state index in [1.54, 1.807) is 23.9 Å².